The molecule has 2 heteroatoms. The van der Waals surface area contributed by atoms with Gasteiger partial charge in [-0.25, -0.2) is 0 Å². The van der Waals surface area contributed by atoms with Crippen LogP contribution in [-0.4, -0.2) is 24.0 Å². The smallest absolute Gasteiger partial charge is 0.0672 e. The van der Waals surface area contributed by atoms with E-state index in [1.54, 1.807) is 0 Å². The number of hydrogen-bond donors (Lipinski definition) is 0. The third kappa shape index (κ3) is 3.14. The number of rotatable bonds is 1. The minimum atomic E-state index is 0.260. The number of hydrogen-bond acceptors (Lipinski definition) is 2. The lowest BCUT2D eigenvalue weighted by molar-refractivity contribution is 0.0712. The van der Waals surface area contributed by atoms with Crippen LogP contribution >= 0.6 is 0 Å². The van der Waals surface area contributed by atoms with Gasteiger partial charge < -0.3 is 0 Å². The molecule has 2 fully saturated rings. The fourth-order valence-electron chi connectivity index (χ4n) is 3.93. The van der Waals surface area contributed by atoms with Crippen LogP contribution in [0.1, 0.15) is 53.9 Å². The molecule has 1 heterocycles. The van der Waals surface area contributed by atoms with Crippen LogP contribution in [0.4, 0.5) is 0 Å². The molecular weight excluding hydrogens is 232 g/mol. The quantitative estimate of drug-likeness (QED) is 0.716. The Morgan fingerprint density at radius 3 is 2.11 bits per heavy atom. The number of nitrogens with zero attached hydrogens (tertiary/aromatic N) is 2. The van der Waals surface area contributed by atoms with Crippen molar-refractivity contribution in [2.24, 2.45) is 29.1 Å². The summed E-state index contributed by atoms with van der Waals surface area (Å²) >= 11 is 0. The van der Waals surface area contributed by atoms with Crippen LogP contribution in [0, 0.1) is 40.4 Å². The molecular formula is C17H30N2. The van der Waals surface area contributed by atoms with Gasteiger partial charge in [0, 0.05) is 19.1 Å². The van der Waals surface area contributed by atoms with Crippen molar-refractivity contribution in [3.63, 3.8) is 0 Å². The van der Waals surface area contributed by atoms with E-state index in [0.717, 1.165) is 24.2 Å². The van der Waals surface area contributed by atoms with E-state index in [2.05, 4.69) is 45.6 Å². The average molecular weight is 262 g/mol. The highest BCUT2D eigenvalue weighted by molar-refractivity contribution is 5.01. The van der Waals surface area contributed by atoms with Crippen molar-refractivity contribution in [3.05, 3.63) is 0 Å². The molecule has 2 aliphatic rings. The molecule has 2 nitrogen and oxygen atoms in total. The molecule has 1 saturated heterocycles. The Labute approximate surface area is 119 Å². The van der Waals surface area contributed by atoms with Gasteiger partial charge in [-0.15, -0.1) is 0 Å². The molecule has 0 aromatic heterocycles. The van der Waals surface area contributed by atoms with Crippen LogP contribution in [0.25, 0.3) is 0 Å². The van der Waals surface area contributed by atoms with Crippen molar-refractivity contribution in [2.45, 2.75) is 59.9 Å². The second-order valence-corrected chi connectivity index (χ2v) is 8.09. The van der Waals surface area contributed by atoms with Gasteiger partial charge in [0.1, 0.15) is 0 Å². The van der Waals surface area contributed by atoms with E-state index >= 15 is 0 Å². The Kier molecular flexibility index (Phi) is 4.26. The predicted molar refractivity (Wildman–Crippen MR) is 79.6 cm³/mol. The second kappa shape index (κ2) is 5.44. The van der Waals surface area contributed by atoms with Crippen LogP contribution < -0.4 is 0 Å². The molecule has 19 heavy (non-hydrogen) atoms. The highest BCUT2D eigenvalue weighted by atomic mass is 15.2. The SMILES string of the molecule is CC1CN(C2CC(C(C)(C)C)CCC2C#N)CC1C. The lowest BCUT2D eigenvalue weighted by Gasteiger charge is -2.43. The molecule has 5 unspecified atom stereocenters. The molecule has 1 aliphatic carbocycles. The molecule has 108 valence electrons. The topological polar surface area (TPSA) is 27.0 Å². The summed E-state index contributed by atoms with van der Waals surface area (Å²) < 4.78 is 0. The third-order valence-electron chi connectivity index (χ3n) is 5.69. The van der Waals surface area contributed by atoms with E-state index in [-0.39, 0.29) is 5.92 Å². The van der Waals surface area contributed by atoms with Crippen molar-refractivity contribution in [2.75, 3.05) is 13.1 Å². The van der Waals surface area contributed by atoms with Crippen molar-refractivity contribution < 1.29 is 0 Å². The zero-order valence-electron chi connectivity index (χ0n) is 13.3. The van der Waals surface area contributed by atoms with Gasteiger partial charge in [0.15, 0.2) is 0 Å². The van der Waals surface area contributed by atoms with E-state index in [9.17, 15) is 5.26 Å². The van der Waals surface area contributed by atoms with Crippen molar-refractivity contribution >= 4 is 0 Å². The second-order valence-electron chi connectivity index (χ2n) is 8.09. The van der Waals surface area contributed by atoms with Gasteiger partial charge in [0.25, 0.3) is 0 Å². The maximum atomic E-state index is 9.47. The van der Waals surface area contributed by atoms with Crippen LogP contribution in [0.5, 0.6) is 0 Å². The Bertz CT molecular complexity index is 339. The lowest BCUT2D eigenvalue weighted by atomic mass is 9.68. The minimum absolute atomic E-state index is 0.260. The summed E-state index contributed by atoms with van der Waals surface area (Å²) in [5.41, 5.74) is 0.385. The van der Waals surface area contributed by atoms with Crippen LogP contribution in [0.2, 0.25) is 0 Å². The van der Waals surface area contributed by atoms with Crippen molar-refractivity contribution in [3.8, 4) is 6.07 Å². The maximum Gasteiger partial charge on any atom is 0.0672 e. The first kappa shape index (κ1) is 14.9. The van der Waals surface area contributed by atoms with E-state index < -0.39 is 0 Å². The van der Waals surface area contributed by atoms with Gasteiger partial charge in [-0.05, 0) is 42.4 Å². The van der Waals surface area contributed by atoms with Gasteiger partial charge in [0.2, 0.25) is 0 Å². The highest BCUT2D eigenvalue weighted by Crippen LogP contribution is 2.42. The number of likely N-dealkylation sites (tertiary alicyclic amines) is 1. The van der Waals surface area contributed by atoms with E-state index in [1.165, 1.54) is 25.9 Å². The van der Waals surface area contributed by atoms with E-state index in [0.29, 0.717) is 11.5 Å². The zero-order valence-corrected chi connectivity index (χ0v) is 13.3. The van der Waals surface area contributed by atoms with Gasteiger partial charge in [-0.2, -0.15) is 5.26 Å². The van der Waals surface area contributed by atoms with Crippen LogP contribution in [0.15, 0.2) is 0 Å². The maximum absolute atomic E-state index is 9.47. The predicted octanol–water partition coefficient (Wildman–Crippen LogP) is 3.93. The molecule has 0 aromatic rings. The number of nitriles is 1. The van der Waals surface area contributed by atoms with E-state index in [4.69, 9.17) is 0 Å². The van der Waals surface area contributed by atoms with Crippen molar-refractivity contribution in [1.29, 1.82) is 5.26 Å². The Hall–Kier alpha value is -0.550. The largest absolute Gasteiger partial charge is 0.299 e. The van der Waals surface area contributed by atoms with E-state index in [1.807, 2.05) is 0 Å². The first-order valence-electron chi connectivity index (χ1n) is 7.96. The summed E-state index contributed by atoms with van der Waals surface area (Å²) in [7, 11) is 0. The first-order valence-corrected chi connectivity index (χ1v) is 7.96. The molecule has 0 bridgehead atoms. The van der Waals surface area contributed by atoms with Gasteiger partial charge in [-0.3, -0.25) is 4.90 Å². The molecule has 1 saturated carbocycles. The van der Waals surface area contributed by atoms with Gasteiger partial charge in [0.05, 0.1) is 12.0 Å². The molecule has 0 radical (unpaired) electrons. The summed E-state index contributed by atoms with van der Waals surface area (Å²) in [5.74, 6) is 2.60. The average Bonchev–Trinajstić information content (AvgIpc) is 2.67. The monoisotopic (exact) mass is 262 g/mol. The van der Waals surface area contributed by atoms with Crippen LogP contribution in [0.3, 0.4) is 0 Å². The fraction of sp³-hybridized carbons (Fsp3) is 0.941. The Morgan fingerprint density at radius 1 is 1.05 bits per heavy atom. The van der Waals surface area contributed by atoms with Gasteiger partial charge in [-0.1, -0.05) is 34.6 Å². The lowest BCUT2D eigenvalue weighted by Crippen LogP contribution is -2.45. The standard InChI is InChI=1S/C17H30N2/c1-12-10-19(11-13(12)2)16-8-15(17(3,4)5)7-6-14(16)9-18/h12-16H,6-8,10-11H2,1-5H3. The summed E-state index contributed by atoms with van der Waals surface area (Å²) in [6.45, 7) is 14.2. The molecule has 1 aliphatic heterocycles. The molecule has 2 rings (SSSR count). The molecule has 5 atom stereocenters. The highest BCUT2D eigenvalue weighted by Gasteiger charge is 2.41. The molecule has 0 spiro atoms. The summed E-state index contributed by atoms with van der Waals surface area (Å²) in [6.07, 6.45) is 3.56. The molecule has 0 aromatic carbocycles. The Morgan fingerprint density at radius 2 is 1.63 bits per heavy atom. The normalized spacial score (nSPS) is 41.2. The first-order chi connectivity index (χ1) is 8.82. The molecule has 0 amide bonds. The summed E-state index contributed by atoms with van der Waals surface area (Å²) in [6, 6.07) is 3.10. The Balaban J connectivity index is 2.09. The molecule has 0 N–H and O–H groups in total. The summed E-state index contributed by atoms with van der Waals surface area (Å²) in [4.78, 5) is 2.63. The fourth-order valence-corrected chi connectivity index (χ4v) is 3.93. The minimum Gasteiger partial charge on any atom is -0.299 e. The zero-order chi connectivity index (χ0) is 14.2. The third-order valence-corrected chi connectivity index (χ3v) is 5.69. The summed E-state index contributed by atoms with van der Waals surface area (Å²) in [5, 5.41) is 9.47. The van der Waals surface area contributed by atoms with Gasteiger partial charge >= 0.3 is 0 Å². The van der Waals surface area contributed by atoms with Crippen molar-refractivity contribution in [1.82, 2.24) is 4.90 Å². The van der Waals surface area contributed by atoms with Crippen LogP contribution in [-0.2, 0) is 0 Å².